The molecule has 5 nitrogen and oxygen atoms in total. The van der Waals surface area contributed by atoms with Crippen LogP contribution in [0, 0.1) is 0 Å². The van der Waals surface area contributed by atoms with E-state index < -0.39 is 24.3 Å². The molecule has 0 spiro atoms. The van der Waals surface area contributed by atoms with Crippen molar-refractivity contribution in [1.29, 1.82) is 0 Å². The number of esters is 2. The first-order valence-corrected chi connectivity index (χ1v) is 5.16. The van der Waals surface area contributed by atoms with Gasteiger partial charge in [0.1, 0.15) is 6.61 Å². The molecule has 0 saturated heterocycles. The van der Waals surface area contributed by atoms with E-state index in [1.54, 1.807) is 6.92 Å². The summed E-state index contributed by atoms with van der Waals surface area (Å²) in [5.74, 6) is -3.13. The lowest BCUT2D eigenvalue weighted by molar-refractivity contribution is -0.236. The Bertz CT molecular complexity index is 309. The van der Waals surface area contributed by atoms with Crippen LogP contribution in [0.25, 0.3) is 0 Å². The Hall–Kier alpha value is -1.62. The van der Waals surface area contributed by atoms with E-state index in [-0.39, 0.29) is 17.6 Å². The van der Waals surface area contributed by atoms with Gasteiger partial charge >= 0.3 is 11.9 Å². The molecule has 96 valence electrons. The lowest BCUT2D eigenvalue weighted by atomic mass is 10.2. The van der Waals surface area contributed by atoms with Crippen molar-refractivity contribution in [2.45, 2.75) is 33.0 Å². The number of hydrogen-bond acceptors (Lipinski definition) is 5. The zero-order chi connectivity index (χ0) is 13.6. The summed E-state index contributed by atoms with van der Waals surface area (Å²) in [5.41, 5.74) is 0.310. The summed E-state index contributed by atoms with van der Waals surface area (Å²) in [6, 6.07) is 0. The van der Waals surface area contributed by atoms with Gasteiger partial charge in [-0.2, -0.15) is 0 Å². The number of carbonyl (C=O) groups excluding carboxylic acids is 2. The number of aliphatic hydroxyl groups excluding tert-OH is 1. The molecule has 0 atom stereocenters. The molecule has 0 bridgehead atoms. The predicted molar refractivity (Wildman–Crippen MR) is 61.9 cm³/mol. The number of carbonyl (C=O) groups is 2. The Morgan fingerprint density at radius 3 is 1.65 bits per heavy atom. The van der Waals surface area contributed by atoms with Crippen molar-refractivity contribution in [3.63, 3.8) is 0 Å². The topological polar surface area (TPSA) is 72.8 Å². The number of ether oxygens (including phenoxy) is 2. The van der Waals surface area contributed by atoms with E-state index in [1.165, 1.54) is 13.8 Å². The highest BCUT2D eigenvalue weighted by Crippen LogP contribution is 2.20. The Morgan fingerprint density at radius 1 is 1.12 bits per heavy atom. The van der Waals surface area contributed by atoms with Crippen molar-refractivity contribution in [3.05, 3.63) is 24.3 Å². The molecule has 0 aliphatic heterocycles. The summed E-state index contributed by atoms with van der Waals surface area (Å²) in [6.45, 7) is 10.7. The first-order chi connectivity index (χ1) is 7.78. The van der Waals surface area contributed by atoms with Crippen LogP contribution < -0.4 is 0 Å². The standard InChI is InChI=1S/C12H18O5/c1-6-12(7-13,16-10(14)8(2)3)17-11(15)9(4)5/h13H,2,4,6-7H2,1,3,5H3. The molecular weight excluding hydrogens is 224 g/mol. The highest BCUT2D eigenvalue weighted by Gasteiger charge is 2.36. The third-order valence-electron chi connectivity index (χ3n) is 2.03. The average Bonchev–Trinajstić information content (AvgIpc) is 2.27. The Labute approximate surface area is 101 Å². The largest absolute Gasteiger partial charge is 0.417 e. The lowest BCUT2D eigenvalue weighted by Crippen LogP contribution is -2.43. The third-order valence-corrected chi connectivity index (χ3v) is 2.03. The second-order valence-corrected chi connectivity index (χ2v) is 3.76. The molecular formula is C12H18O5. The molecule has 0 heterocycles. The first-order valence-electron chi connectivity index (χ1n) is 5.16. The molecule has 0 fully saturated rings. The molecule has 0 aromatic heterocycles. The average molecular weight is 242 g/mol. The minimum atomic E-state index is -1.67. The van der Waals surface area contributed by atoms with Crippen molar-refractivity contribution < 1.29 is 24.2 Å². The Kier molecular flexibility index (Phi) is 5.61. The molecule has 0 aliphatic carbocycles. The molecule has 1 N–H and O–H groups in total. The highest BCUT2D eigenvalue weighted by atomic mass is 16.7. The van der Waals surface area contributed by atoms with Crippen LogP contribution in [0.4, 0.5) is 0 Å². The van der Waals surface area contributed by atoms with E-state index in [1.807, 2.05) is 0 Å². The lowest BCUT2D eigenvalue weighted by Gasteiger charge is -2.30. The van der Waals surface area contributed by atoms with Crippen molar-refractivity contribution >= 4 is 11.9 Å². The van der Waals surface area contributed by atoms with E-state index in [4.69, 9.17) is 9.47 Å². The van der Waals surface area contributed by atoms with Crippen LogP contribution in [0.1, 0.15) is 27.2 Å². The van der Waals surface area contributed by atoms with Crippen LogP contribution in [0.15, 0.2) is 24.3 Å². The quantitative estimate of drug-likeness (QED) is 0.432. The maximum atomic E-state index is 11.4. The van der Waals surface area contributed by atoms with E-state index in [9.17, 15) is 14.7 Å². The van der Waals surface area contributed by atoms with Crippen molar-refractivity contribution in [3.8, 4) is 0 Å². The SMILES string of the molecule is C=C(C)C(=O)OC(CC)(CO)OC(=O)C(=C)C. The monoisotopic (exact) mass is 242 g/mol. The van der Waals surface area contributed by atoms with Gasteiger partial charge < -0.3 is 14.6 Å². The van der Waals surface area contributed by atoms with E-state index in [2.05, 4.69) is 13.2 Å². The van der Waals surface area contributed by atoms with Gasteiger partial charge in [-0.05, 0) is 13.8 Å². The molecule has 0 aromatic rings. The van der Waals surface area contributed by atoms with Gasteiger partial charge in [0.25, 0.3) is 5.79 Å². The van der Waals surface area contributed by atoms with Crippen LogP contribution >= 0.6 is 0 Å². The normalized spacial score (nSPS) is 10.6. The van der Waals surface area contributed by atoms with Crippen LogP contribution in [0.2, 0.25) is 0 Å². The molecule has 0 amide bonds. The van der Waals surface area contributed by atoms with Crippen LogP contribution in [0.3, 0.4) is 0 Å². The fourth-order valence-corrected chi connectivity index (χ4v) is 0.854. The number of hydrogen-bond donors (Lipinski definition) is 1. The van der Waals surface area contributed by atoms with Crippen molar-refractivity contribution in [2.75, 3.05) is 6.61 Å². The van der Waals surface area contributed by atoms with Crippen molar-refractivity contribution in [1.82, 2.24) is 0 Å². The van der Waals surface area contributed by atoms with E-state index in [0.717, 1.165) is 0 Å². The fourth-order valence-electron chi connectivity index (χ4n) is 0.854. The summed E-state index contributed by atoms with van der Waals surface area (Å²) in [4.78, 5) is 22.8. The summed E-state index contributed by atoms with van der Waals surface area (Å²) < 4.78 is 9.89. The van der Waals surface area contributed by atoms with Gasteiger partial charge in [-0.3, -0.25) is 0 Å². The summed E-state index contributed by atoms with van der Waals surface area (Å²) in [5, 5.41) is 9.22. The Balaban J connectivity index is 4.90. The van der Waals surface area contributed by atoms with Gasteiger partial charge in [-0.1, -0.05) is 20.1 Å². The zero-order valence-corrected chi connectivity index (χ0v) is 10.4. The maximum Gasteiger partial charge on any atom is 0.336 e. The molecule has 0 aromatic carbocycles. The smallest absolute Gasteiger partial charge is 0.336 e. The molecule has 5 heteroatoms. The van der Waals surface area contributed by atoms with E-state index >= 15 is 0 Å². The summed E-state index contributed by atoms with van der Waals surface area (Å²) in [7, 11) is 0. The molecule has 0 aliphatic rings. The van der Waals surface area contributed by atoms with Gasteiger partial charge in [0.05, 0.1) is 0 Å². The maximum absolute atomic E-state index is 11.4. The predicted octanol–water partition coefficient (Wildman–Crippen LogP) is 1.32. The van der Waals surface area contributed by atoms with Gasteiger partial charge in [-0.25, -0.2) is 9.59 Å². The molecule has 0 saturated carbocycles. The molecule has 0 rings (SSSR count). The second kappa shape index (κ2) is 6.20. The Morgan fingerprint density at radius 2 is 1.47 bits per heavy atom. The molecule has 0 unspecified atom stereocenters. The highest BCUT2D eigenvalue weighted by molar-refractivity contribution is 5.89. The number of rotatable bonds is 6. The summed E-state index contributed by atoms with van der Waals surface area (Å²) >= 11 is 0. The van der Waals surface area contributed by atoms with Crippen LogP contribution in [0.5, 0.6) is 0 Å². The minimum absolute atomic E-state index is 0.127. The summed E-state index contributed by atoms with van der Waals surface area (Å²) in [6.07, 6.45) is 0.127. The van der Waals surface area contributed by atoms with Gasteiger partial charge in [-0.15, -0.1) is 0 Å². The van der Waals surface area contributed by atoms with E-state index in [0.29, 0.717) is 0 Å². The molecule has 17 heavy (non-hydrogen) atoms. The zero-order valence-electron chi connectivity index (χ0n) is 10.4. The van der Waals surface area contributed by atoms with Gasteiger partial charge in [0.2, 0.25) is 0 Å². The van der Waals surface area contributed by atoms with Crippen molar-refractivity contribution in [2.24, 2.45) is 0 Å². The van der Waals surface area contributed by atoms with Crippen LogP contribution in [-0.4, -0.2) is 29.4 Å². The van der Waals surface area contributed by atoms with Gasteiger partial charge in [0.15, 0.2) is 0 Å². The first kappa shape index (κ1) is 15.4. The second-order valence-electron chi connectivity index (χ2n) is 3.76. The van der Waals surface area contributed by atoms with Gasteiger partial charge in [0, 0.05) is 17.6 Å². The fraction of sp³-hybridized carbons (Fsp3) is 0.500. The minimum Gasteiger partial charge on any atom is -0.417 e. The third kappa shape index (κ3) is 4.40. The van der Waals surface area contributed by atoms with Crippen LogP contribution in [-0.2, 0) is 19.1 Å². The number of aliphatic hydroxyl groups is 1. The molecule has 0 radical (unpaired) electrons.